The van der Waals surface area contributed by atoms with Gasteiger partial charge >= 0.3 is 0 Å². The average molecular weight is 288 g/mol. The number of piperidine rings is 1. The van der Waals surface area contributed by atoms with Crippen molar-refractivity contribution < 1.29 is 17.6 Å². The molecule has 0 aromatic heterocycles. The van der Waals surface area contributed by atoms with Crippen LogP contribution in [0.3, 0.4) is 0 Å². The maximum Gasteiger partial charge on any atom is 0.177 e. The quantitative estimate of drug-likeness (QED) is 0.647. The van der Waals surface area contributed by atoms with Gasteiger partial charge in [-0.2, -0.15) is 0 Å². The summed E-state index contributed by atoms with van der Waals surface area (Å²) in [4.78, 5) is 0. The van der Waals surface area contributed by atoms with Crippen molar-refractivity contribution in [1.82, 2.24) is 5.32 Å². The fraction of sp³-hybridized carbons (Fsp3) is 0.429. The molecule has 6 heteroatoms. The summed E-state index contributed by atoms with van der Waals surface area (Å²) in [6, 6.07) is 2.17. The molecule has 0 bridgehead atoms. The number of anilines is 1. The van der Waals surface area contributed by atoms with E-state index in [9.17, 15) is 17.6 Å². The molecule has 1 aliphatic rings. The van der Waals surface area contributed by atoms with Crippen LogP contribution in [-0.4, -0.2) is 12.3 Å². The Morgan fingerprint density at radius 3 is 2.55 bits per heavy atom. The molecule has 3 N–H and O–H groups in total. The first-order valence-electron chi connectivity index (χ1n) is 6.19. The van der Waals surface area contributed by atoms with Crippen LogP contribution in [0.25, 0.3) is 0 Å². The van der Waals surface area contributed by atoms with E-state index < -0.39 is 29.5 Å². The molecule has 1 saturated heterocycles. The molecule has 20 heavy (non-hydrogen) atoms. The van der Waals surface area contributed by atoms with Crippen LogP contribution >= 0.6 is 0 Å². The minimum Gasteiger partial charge on any atom is -0.399 e. The summed E-state index contributed by atoms with van der Waals surface area (Å²) in [6.45, 7) is 3.83. The van der Waals surface area contributed by atoms with Crippen LogP contribution in [0, 0.1) is 11.6 Å². The summed E-state index contributed by atoms with van der Waals surface area (Å²) in [5.74, 6) is -2.12. The molecular weight excluding hydrogens is 272 g/mol. The first-order chi connectivity index (χ1) is 9.22. The van der Waals surface area contributed by atoms with Crippen molar-refractivity contribution in [3.63, 3.8) is 0 Å². The second kappa shape index (κ2) is 4.68. The average Bonchev–Trinajstić information content (AvgIpc) is 2.39. The molecule has 0 amide bonds. The molecule has 0 unspecified atom stereocenters. The Morgan fingerprint density at radius 1 is 1.35 bits per heavy atom. The van der Waals surface area contributed by atoms with E-state index >= 15 is 0 Å². The highest BCUT2D eigenvalue weighted by atomic mass is 19.2. The fourth-order valence-electron chi connectivity index (χ4n) is 2.47. The Morgan fingerprint density at radius 2 is 2.00 bits per heavy atom. The lowest BCUT2D eigenvalue weighted by Gasteiger charge is -2.43. The van der Waals surface area contributed by atoms with Crippen LogP contribution in [0.15, 0.2) is 24.4 Å². The van der Waals surface area contributed by atoms with Gasteiger partial charge in [-0.3, -0.25) is 0 Å². The maximum absolute atomic E-state index is 14.1. The van der Waals surface area contributed by atoms with Crippen molar-refractivity contribution in [3.8, 4) is 0 Å². The van der Waals surface area contributed by atoms with Gasteiger partial charge in [-0.05, 0) is 31.9 Å². The van der Waals surface area contributed by atoms with Crippen LogP contribution in [0.4, 0.5) is 23.2 Å². The maximum atomic E-state index is 14.1. The topological polar surface area (TPSA) is 38.0 Å². The van der Waals surface area contributed by atoms with E-state index in [1.54, 1.807) is 6.92 Å². The van der Waals surface area contributed by atoms with Gasteiger partial charge in [-0.25, -0.2) is 17.6 Å². The second-order valence-electron chi connectivity index (χ2n) is 5.40. The number of nitrogens with two attached hydrogens (primary N) is 1. The largest absolute Gasteiger partial charge is 0.399 e. The molecule has 0 saturated carbocycles. The van der Waals surface area contributed by atoms with Crippen LogP contribution in [0.2, 0.25) is 0 Å². The van der Waals surface area contributed by atoms with E-state index in [0.717, 1.165) is 6.07 Å². The molecule has 2 atom stereocenters. The van der Waals surface area contributed by atoms with Crippen LogP contribution in [0.5, 0.6) is 0 Å². The van der Waals surface area contributed by atoms with Gasteiger partial charge in [0.1, 0.15) is 6.67 Å². The highest BCUT2D eigenvalue weighted by molar-refractivity contribution is 5.45. The first kappa shape index (κ1) is 14.7. The number of hydrogen-bond donors (Lipinski definition) is 2. The smallest absolute Gasteiger partial charge is 0.177 e. The monoisotopic (exact) mass is 288 g/mol. The van der Waals surface area contributed by atoms with E-state index in [1.165, 1.54) is 6.07 Å². The SMILES string of the molecule is C=C1N[C@](C)(c2cc(N)cc(F)c2F)CC[C@@]1(F)CF. The first-order valence-corrected chi connectivity index (χ1v) is 6.19. The molecule has 0 aliphatic carbocycles. The number of alkyl halides is 2. The molecule has 0 spiro atoms. The van der Waals surface area contributed by atoms with Crippen molar-refractivity contribution in [1.29, 1.82) is 0 Å². The standard InChI is InChI=1S/C14H16F4N2/c1-8-14(18,7-15)4-3-13(2,20-8)10-5-9(19)6-11(16)12(10)17/h5-6,20H,1,3-4,7,19H2,2H3/t13-,14+/m0/s1. The highest BCUT2D eigenvalue weighted by Crippen LogP contribution is 2.41. The molecule has 110 valence electrons. The summed E-state index contributed by atoms with van der Waals surface area (Å²) >= 11 is 0. The Balaban J connectivity index is 2.41. The molecule has 1 aromatic carbocycles. The minimum atomic E-state index is -2.17. The van der Waals surface area contributed by atoms with Crippen molar-refractivity contribution in [2.45, 2.75) is 31.0 Å². The highest BCUT2D eigenvalue weighted by Gasteiger charge is 2.45. The van der Waals surface area contributed by atoms with Crippen molar-refractivity contribution >= 4 is 5.69 Å². The fourth-order valence-corrected chi connectivity index (χ4v) is 2.47. The molecule has 1 heterocycles. The number of rotatable bonds is 2. The Kier molecular flexibility index (Phi) is 3.44. The predicted octanol–water partition coefficient (Wildman–Crippen LogP) is 3.34. The van der Waals surface area contributed by atoms with E-state index in [-0.39, 0.29) is 29.8 Å². The van der Waals surface area contributed by atoms with Gasteiger partial charge in [0.15, 0.2) is 17.3 Å². The lowest BCUT2D eigenvalue weighted by molar-refractivity contribution is 0.0880. The second-order valence-corrected chi connectivity index (χ2v) is 5.40. The Labute approximate surface area is 114 Å². The number of nitrogen functional groups attached to an aromatic ring is 1. The summed E-state index contributed by atoms with van der Waals surface area (Å²) in [5, 5.41) is 2.67. The zero-order valence-corrected chi connectivity index (χ0v) is 11.1. The van der Waals surface area contributed by atoms with Gasteiger partial charge in [0.2, 0.25) is 0 Å². The van der Waals surface area contributed by atoms with Gasteiger partial charge < -0.3 is 11.1 Å². The van der Waals surface area contributed by atoms with Gasteiger partial charge in [0.05, 0.1) is 5.54 Å². The van der Waals surface area contributed by atoms with E-state index in [2.05, 4.69) is 11.9 Å². The van der Waals surface area contributed by atoms with Gasteiger partial charge in [-0.15, -0.1) is 0 Å². The third-order valence-corrected chi connectivity index (χ3v) is 3.85. The molecular formula is C14H16F4N2. The molecule has 0 radical (unpaired) electrons. The Hall–Kier alpha value is -1.72. The summed E-state index contributed by atoms with van der Waals surface area (Å²) in [6.07, 6.45) is -0.0755. The third-order valence-electron chi connectivity index (χ3n) is 3.85. The van der Waals surface area contributed by atoms with E-state index in [1.807, 2.05) is 0 Å². The van der Waals surface area contributed by atoms with Crippen LogP contribution in [0.1, 0.15) is 25.3 Å². The summed E-state index contributed by atoms with van der Waals surface area (Å²) in [5.41, 5.74) is 2.14. The zero-order chi connectivity index (χ0) is 15.1. The molecule has 2 rings (SSSR count). The van der Waals surface area contributed by atoms with Gasteiger partial charge in [0.25, 0.3) is 0 Å². The number of allylic oxidation sites excluding steroid dienone is 1. The van der Waals surface area contributed by atoms with Crippen molar-refractivity contribution in [2.75, 3.05) is 12.4 Å². The van der Waals surface area contributed by atoms with Crippen molar-refractivity contribution in [2.24, 2.45) is 0 Å². The van der Waals surface area contributed by atoms with Crippen LogP contribution < -0.4 is 11.1 Å². The zero-order valence-electron chi connectivity index (χ0n) is 11.1. The predicted molar refractivity (Wildman–Crippen MR) is 69.4 cm³/mol. The molecule has 2 nitrogen and oxygen atoms in total. The molecule has 1 aliphatic heterocycles. The lowest BCUT2D eigenvalue weighted by atomic mass is 9.78. The minimum absolute atomic E-state index is 0.0166. The molecule has 1 aromatic rings. The number of hydrogen-bond acceptors (Lipinski definition) is 2. The number of benzene rings is 1. The lowest BCUT2D eigenvalue weighted by Crippen LogP contribution is -2.52. The van der Waals surface area contributed by atoms with E-state index in [0.29, 0.717) is 0 Å². The van der Waals surface area contributed by atoms with Gasteiger partial charge in [0, 0.05) is 16.9 Å². The number of halogens is 4. The van der Waals surface area contributed by atoms with Crippen molar-refractivity contribution in [3.05, 3.63) is 41.6 Å². The Bertz CT molecular complexity index is 560. The van der Waals surface area contributed by atoms with Gasteiger partial charge in [-0.1, -0.05) is 6.58 Å². The number of nitrogens with one attached hydrogen (secondary N) is 1. The van der Waals surface area contributed by atoms with Crippen LogP contribution in [-0.2, 0) is 5.54 Å². The summed E-state index contributed by atoms with van der Waals surface area (Å²) < 4.78 is 54.2. The molecule has 1 fully saturated rings. The summed E-state index contributed by atoms with van der Waals surface area (Å²) in [7, 11) is 0. The normalized spacial score (nSPS) is 30.1. The third kappa shape index (κ3) is 2.23. The van der Waals surface area contributed by atoms with E-state index in [4.69, 9.17) is 5.73 Å².